The maximum Gasteiger partial charge on any atom is 0.233 e. The SMILES string of the molecule is Cc1ccc(NC(=O)CC(=O)N2CCN3CCC[C@@H]3C2)c(C)c1. The largest absolute Gasteiger partial charge is 0.339 e. The van der Waals surface area contributed by atoms with Crippen molar-refractivity contribution in [1.29, 1.82) is 0 Å². The highest BCUT2D eigenvalue weighted by atomic mass is 16.2. The number of fused-ring (bicyclic) bond motifs is 1. The van der Waals surface area contributed by atoms with Crippen molar-refractivity contribution < 1.29 is 9.59 Å². The first-order valence-corrected chi connectivity index (χ1v) is 8.42. The number of rotatable bonds is 3. The molecule has 0 saturated carbocycles. The Hall–Kier alpha value is -1.88. The molecule has 0 aliphatic carbocycles. The molecule has 0 bridgehead atoms. The second kappa shape index (κ2) is 6.71. The third-order valence-corrected chi connectivity index (χ3v) is 4.91. The molecule has 23 heavy (non-hydrogen) atoms. The molecule has 3 rings (SSSR count). The Morgan fingerprint density at radius 3 is 2.83 bits per heavy atom. The van der Waals surface area contributed by atoms with E-state index < -0.39 is 0 Å². The Bertz CT molecular complexity index is 614. The number of piperazine rings is 1. The van der Waals surface area contributed by atoms with Gasteiger partial charge in [-0.25, -0.2) is 0 Å². The topological polar surface area (TPSA) is 52.7 Å². The average Bonchev–Trinajstić information content (AvgIpc) is 2.97. The highest BCUT2D eigenvalue weighted by Crippen LogP contribution is 2.22. The van der Waals surface area contributed by atoms with Crippen LogP contribution in [0.15, 0.2) is 18.2 Å². The fraction of sp³-hybridized carbons (Fsp3) is 0.556. The molecular formula is C18H25N3O2. The molecule has 2 amide bonds. The number of carbonyl (C=O) groups excluding carboxylic acids is 2. The second-order valence-corrected chi connectivity index (χ2v) is 6.72. The van der Waals surface area contributed by atoms with Crippen LogP contribution in [0.3, 0.4) is 0 Å². The zero-order valence-electron chi connectivity index (χ0n) is 14.0. The van der Waals surface area contributed by atoms with Gasteiger partial charge in [0.2, 0.25) is 11.8 Å². The maximum atomic E-state index is 12.4. The fourth-order valence-electron chi connectivity index (χ4n) is 3.62. The van der Waals surface area contributed by atoms with E-state index >= 15 is 0 Å². The van der Waals surface area contributed by atoms with E-state index in [-0.39, 0.29) is 18.2 Å². The second-order valence-electron chi connectivity index (χ2n) is 6.72. The number of aryl methyl sites for hydroxylation is 2. The van der Waals surface area contributed by atoms with Crippen LogP contribution >= 0.6 is 0 Å². The minimum absolute atomic E-state index is 0.0567. The maximum absolute atomic E-state index is 12.4. The zero-order valence-corrected chi connectivity index (χ0v) is 14.0. The number of nitrogens with zero attached hydrogens (tertiary/aromatic N) is 2. The van der Waals surface area contributed by atoms with E-state index in [9.17, 15) is 9.59 Å². The first kappa shape index (κ1) is 16.0. The van der Waals surface area contributed by atoms with E-state index in [1.54, 1.807) is 0 Å². The van der Waals surface area contributed by atoms with Gasteiger partial charge in [0.15, 0.2) is 0 Å². The highest BCUT2D eigenvalue weighted by Gasteiger charge is 2.32. The molecule has 1 aromatic carbocycles. The minimum Gasteiger partial charge on any atom is -0.339 e. The number of nitrogens with one attached hydrogen (secondary N) is 1. The lowest BCUT2D eigenvalue weighted by molar-refractivity contribution is -0.136. The molecule has 0 spiro atoms. The highest BCUT2D eigenvalue weighted by molar-refractivity contribution is 6.03. The Morgan fingerprint density at radius 2 is 2.04 bits per heavy atom. The number of anilines is 1. The molecule has 2 fully saturated rings. The predicted molar refractivity (Wildman–Crippen MR) is 90.3 cm³/mol. The molecule has 0 radical (unpaired) electrons. The minimum atomic E-state index is -0.226. The fourth-order valence-corrected chi connectivity index (χ4v) is 3.62. The van der Waals surface area contributed by atoms with Gasteiger partial charge in [0.1, 0.15) is 6.42 Å². The molecule has 5 nitrogen and oxygen atoms in total. The van der Waals surface area contributed by atoms with Gasteiger partial charge in [0.05, 0.1) is 0 Å². The van der Waals surface area contributed by atoms with Crippen molar-refractivity contribution >= 4 is 17.5 Å². The summed E-state index contributed by atoms with van der Waals surface area (Å²) < 4.78 is 0. The van der Waals surface area contributed by atoms with E-state index in [1.807, 2.05) is 36.9 Å². The van der Waals surface area contributed by atoms with E-state index in [4.69, 9.17) is 0 Å². The normalized spacial score (nSPS) is 21.1. The van der Waals surface area contributed by atoms with Gasteiger partial charge in [-0.3, -0.25) is 14.5 Å². The third kappa shape index (κ3) is 3.72. The van der Waals surface area contributed by atoms with E-state index in [1.165, 1.54) is 12.8 Å². The predicted octanol–water partition coefficient (Wildman–Crippen LogP) is 1.94. The van der Waals surface area contributed by atoms with Gasteiger partial charge in [-0.05, 0) is 44.9 Å². The van der Waals surface area contributed by atoms with Gasteiger partial charge in [-0.1, -0.05) is 17.7 Å². The first-order valence-electron chi connectivity index (χ1n) is 8.42. The molecular weight excluding hydrogens is 290 g/mol. The molecule has 124 valence electrons. The number of hydrogen-bond donors (Lipinski definition) is 1. The van der Waals surface area contributed by atoms with Gasteiger partial charge in [0.25, 0.3) is 0 Å². The van der Waals surface area contributed by atoms with Crippen molar-refractivity contribution in [2.24, 2.45) is 0 Å². The summed E-state index contributed by atoms with van der Waals surface area (Å²) in [7, 11) is 0. The zero-order chi connectivity index (χ0) is 16.4. The van der Waals surface area contributed by atoms with Crippen LogP contribution in [0.1, 0.15) is 30.4 Å². The summed E-state index contributed by atoms with van der Waals surface area (Å²) in [6.45, 7) is 7.59. The van der Waals surface area contributed by atoms with Crippen LogP contribution in [-0.4, -0.2) is 53.8 Å². The van der Waals surface area contributed by atoms with Crippen molar-refractivity contribution in [3.63, 3.8) is 0 Å². The van der Waals surface area contributed by atoms with Gasteiger partial charge in [-0.15, -0.1) is 0 Å². The average molecular weight is 315 g/mol. The smallest absolute Gasteiger partial charge is 0.233 e. The summed E-state index contributed by atoms with van der Waals surface area (Å²) in [4.78, 5) is 28.8. The molecule has 2 aliphatic heterocycles. The standard InChI is InChI=1S/C18H25N3O2/c1-13-5-6-16(14(2)10-13)19-17(22)11-18(23)21-9-8-20-7-3-4-15(20)12-21/h5-6,10,15H,3-4,7-9,11-12H2,1-2H3,(H,19,22)/t15-/m1/s1. The Morgan fingerprint density at radius 1 is 1.22 bits per heavy atom. The lowest BCUT2D eigenvalue weighted by atomic mass is 10.1. The molecule has 1 N–H and O–H groups in total. The van der Waals surface area contributed by atoms with Crippen molar-refractivity contribution in [2.45, 2.75) is 39.2 Å². The quantitative estimate of drug-likeness (QED) is 0.867. The molecule has 1 aromatic rings. The summed E-state index contributed by atoms with van der Waals surface area (Å²) in [5.41, 5.74) is 2.96. The van der Waals surface area contributed by atoms with Gasteiger partial charge in [0, 0.05) is 31.4 Å². The van der Waals surface area contributed by atoms with Crippen LogP contribution in [0, 0.1) is 13.8 Å². The van der Waals surface area contributed by atoms with Crippen LogP contribution in [0.2, 0.25) is 0 Å². The Labute approximate surface area is 137 Å². The lowest BCUT2D eigenvalue weighted by Gasteiger charge is -2.37. The number of carbonyl (C=O) groups is 2. The van der Waals surface area contributed by atoms with Gasteiger partial charge in [-0.2, -0.15) is 0 Å². The first-order chi connectivity index (χ1) is 11.0. The van der Waals surface area contributed by atoms with Crippen LogP contribution in [-0.2, 0) is 9.59 Å². The van der Waals surface area contributed by atoms with Crippen LogP contribution < -0.4 is 5.32 Å². The number of hydrogen-bond acceptors (Lipinski definition) is 3. The molecule has 0 aromatic heterocycles. The summed E-state index contributed by atoms with van der Waals surface area (Å²) in [5, 5.41) is 2.86. The van der Waals surface area contributed by atoms with Crippen LogP contribution in [0.5, 0.6) is 0 Å². The summed E-state index contributed by atoms with van der Waals surface area (Å²) in [5.74, 6) is -0.283. The third-order valence-electron chi connectivity index (χ3n) is 4.91. The van der Waals surface area contributed by atoms with Crippen molar-refractivity contribution in [1.82, 2.24) is 9.80 Å². The Kier molecular flexibility index (Phi) is 4.66. The van der Waals surface area contributed by atoms with Gasteiger partial charge < -0.3 is 10.2 Å². The molecule has 5 heteroatoms. The lowest BCUT2D eigenvalue weighted by Crippen LogP contribution is -2.52. The van der Waals surface area contributed by atoms with Gasteiger partial charge >= 0.3 is 0 Å². The summed E-state index contributed by atoms with van der Waals surface area (Å²) in [6, 6.07) is 6.38. The molecule has 1 atom stereocenters. The van der Waals surface area contributed by atoms with Crippen molar-refractivity contribution in [3.05, 3.63) is 29.3 Å². The van der Waals surface area contributed by atoms with E-state index in [0.717, 1.165) is 43.0 Å². The Balaban J connectivity index is 1.54. The molecule has 2 aliphatic rings. The molecule has 2 heterocycles. The van der Waals surface area contributed by atoms with E-state index in [2.05, 4.69) is 10.2 Å². The van der Waals surface area contributed by atoms with Crippen LogP contribution in [0.4, 0.5) is 5.69 Å². The molecule has 0 unspecified atom stereocenters. The van der Waals surface area contributed by atoms with Crippen molar-refractivity contribution in [3.8, 4) is 0 Å². The number of benzene rings is 1. The van der Waals surface area contributed by atoms with E-state index in [0.29, 0.717) is 6.04 Å². The van der Waals surface area contributed by atoms with Crippen molar-refractivity contribution in [2.75, 3.05) is 31.5 Å². The number of amides is 2. The molecule has 2 saturated heterocycles. The summed E-state index contributed by atoms with van der Waals surface area (Å²) >= 11 is 0. The summed E-state index contributed by atoms with van der Waals surface area (Å²) in [6.07, 6.45) is 2.32. The monoisotopic (exact) mass is 315 g/mol. The van der Waals surface area contributed by atoms with Crippen LogP contribution in [0.25, 0.3) is 0 Å².